The highest BCUT2D eigenvalue weighted by molar-refractivity contribution is 7.91. The highest BCUT2D eigenvalue weighted by Gasteiger charge is 2.19. The lowest BCUT2D eigenvalue weighted by molar-refractivity contribution is 0.595. The first-order chi connectivity index (χ1) is 9.95. The van der Waals surface area contributed by atoms with E-state index in [1.165, 1.54) is 12.1 Å². The van der Waals surface area contributed by atoms with Gasteiger partial charge in [0.1, 0.15) is 0 Å². The van der Waals surface area contributed by atoms with Gasteiger partial charge in [0.25, 0.3) is 0 Å². The van der Waals surface area contributed by atoms with Crippen molar-refractivity contribution >= 4 is 21.2 Å². The third-order valence-corrected chi connectivity index (χ3v) is 5.16. The van der Waals surface area contributed by atoms with Gasteiger partial charge in [0, 0.05) is 17.9 Å². The lowest BCUT2D eigenvalue weighted by Crippen LogP contribution is -2.06. The van der Waals surface area contributed by atoms with E-state index in [1.54, 1.807) is 31.2 Å². The zero-order valence-electron chi connectivity index (χ0n) is 12.3. The molecule has 0 radical (unpaired) electrons. The Balaban J connectivity index is 2.38. The molecule has 0 fully saturated rings. The van der Waals surface area contributed by atoms with E-state index in [0.29, 0.717) is 10.6 Å². The maximum atomic E-state index is 12.6. The van der Waals surface area contributed by atoms with Crippen molar-refractivity contribution in [3.63, 3.8) is 0 Å². The largest absolute Gasteiger partial charge is 0.399 e. The molecule has 3 N–H and O–H groups in total. The van der Waals surface area contributed by atoms with E-state index >= 15 is 0 Å². The minimum atomic E-state index is -3.51. The molecule has 4 nitrogen and oxygen atoms in total. The maximum Gasteiger partial charge on any atom is 0.206 e. The van der Waals surface area contributed by atoms with Gasteiger partial charge in [-0.2, -0.15) is 0 Å². The van der Waals surface area contributed by atoms with E-state index in [1.807, 2.05) is 6.07 Å². The normalized spacial score (nSPS) is 11.3. The molecule has 0 unspecified atom stereocenters. The molecule has 0 aliphatic heterocycles. The number of rotatable bonds is 5. The number of nitrogens with two attached hydrogens (primary N) is 1. The molecular formula is C16H20N2O2S. The van der Waals surface area contributed by atoms with Crippen molar-refractivity contribution in [1.29, 1.82) is 0 Å². The van der Waals surface area contributed by atoms with Crippen LogP contribution in [0.4, 0.5) is 11.4 Å². The molecule has 2 rings (SSSR count). The lowest BCUT2D eigenvalue weighted by atomic mass is 10.2. The molecule has 0 amide bonds. The summed E-state index contributed by atoms with van der Waals surface area (Å²) in [4.78, 5) is 0.586. The minimum Gasteiger partial charge on any atom is -0.399 e. The lowest BCUT2D eigenvalue weighted by Gasteiger charge is -2.11. The summed E-state index contributed by atoms with van der Waals surface area (Å²) in [6, 6.07) is 11.6. The average Bonchev–Trinajstić information content (AvgIpc) is 2.45. The first kappa shape index (κ1) is 15.4. The zero-order chi connectivity index (χ0) is 15.5. The van der Waals surface area contributed by atoms with Crippen LogP contribution in [0.5, 0.6) is 0 Å². The summed E-state index contributed by atoms with van der Waals surface area (Å²) in [6.07, 6.45) is 1.02. The molecule has 0 spiro atoms. The van der Waals surface area contributed by atoms with Crippen LogP contribution < -0.4 is 11.1 Å². The summed E-state index contributed by atoms with van der Waals surface area (Å²) in [7, 11) is -3.51. The molecular weight excluding hydrogens is 284 g/mol. The van der Waals surface area contributed by atoms with Crippen LogP contribution in [0, 0.1) is 6.92 Å². The van der Waals surface area contributed by atoms with Crippen LogP contribution in [0.2, 0.25) is 0 Å². The standard InChI is InChI=1S/C16H20N2O2S/c1-3-10-18-14-6-9-16(12(2)11-14)21(19,20)15-7-4-13(17)5-8-15/h4-9,11,18H,3,10,17H2,1-2H3. The average molecular weight is 304 g/mol. The second kappa shape index (κ2) is 6.18. The fourth-order valence-electron chi connectivity index (χ4n) is 2.10. The van der Waals surface area contributed by atoms with Crippen LogP contribution in [0.1, 0.15) is 18.9 Å². The number of benzene rings is 2. The van der Waals surface area contributed by atoms with Gasteiger partial charge in [-0.1, -0.05) is 6.92 Å². The fraction of sp³-hybridized carbons (Fsp3) is 0.250. The van der Waals surface area contributed by atoms with Crippen molar-refractivity contribution in [2.45, 2.75) is 30.1 Å². The van der Waals surface area contributed by atoms with Crippen molar-refractivity contribution in [2.24, 2.45) is 0 Å². The van der Waals surface area contributed by atoms with Gasteiger partial charge in [-0.3, -0.25) is 0 Å². The molecule has 2 aromatic rings. The van der Waals surface area contributed by atoms with Crippen LogP contribution in [-0.4, -0.2) is 15.0 Å². The predicted molar refractivity (Wildman–Crippen MR) is 86.3 cm³/mol. The quantitative estimate of drug-likeness (QED) is 0.832. The third kappa shape index (κ3) is 3.36. The van der Waals surface area contributed by atoms with Crippen molar-refractivity contribution in [1.82, 2.24) is 0 Å². The van der Waals surface area contributed by atoms with Crippen molar-refractivity contribution < 1.29 is 8.42 Å². The Morgan fingerprint density at radius 1 is 1.10 bits per heavy atom. The number of aryl methyl sites for hydroxylation is 1. The number of hydrogen-bond acceptors (Lipinski definition) is 4. The molecule has 2 aromatic carbocycles. The van der Waals surface area contributed by atoms with Crippen molar-refractivity contribution in [3.05, 3.63) is 48.0 Å². The number of hydrogen-bond donors (Lipinski definition) is 2. The molecule has 0 bridgehead atoms. The summed E-state index contributed by atoms with van der Waals surface area (Å²) in [6.45, 7) is 4.75. The maximum absolute atomic E-state index is 12.6. The molecule has 0 aliphatic carbocycles. The SMILES string of the molecule is CCCNc1ccc(S(=O)(=O)c2ccc(N)cc2)c(C)c1. The van der Waals surface area contributed by atoms with E-state index in [2.05, 4.69) is 12.2 Å². The third-order valence-electron chi connectivity index (χ3n) is 3.23. The highest BCUT2D eigenvalue weighted by Crippen LogP contribution is 2.26. The van der Waals surface area contributed by atoms with Gasteiger partial charge in [-0.05, 0) is 61.4 Å². The van der Waals surface area contributed by atoms with Gasteiger partial charge in [0.05, 0.1) is 9.79 Å². The van der Waals surface area contributed by atoms with E-state index in [4.69, 9.17) is 5.73 Å². The molecule has 0 heterocycles. The number of nitrogens with one attached hydrogen (secondary N) is 1. The second-order valence-corrected chi connectivity index (χ2v) is 6.90. The summed E-state index contributed by atoms with van der Waals surface area (Å²) in [5, 5.41) is 3.25. The first-order valence-corrected chi connectivity index (χ1v) is 8.38. The summed E-state index contributed by atoms with van der Waals surface area (Å²) in [5.41, 5.74) is 7.81. The van der Waals surface area contributed by atoms with Gasteiger partial charge in [-0.15, -0.1) is 0 Å². The topological polar surface area (TPSA) is 72.2 Å². The Morgan fingerprint density at radius 3 is 2.33 bits per heavy atom. The summed E-state index contributed by atoms with van der Waals surface area (Å²) >= 11 is 0. The molecule has 21 heavy (non-hydrogen) atoms. The Hall–Kier alpha value is -2.01. The molecule has 0 atom stereocenters. The Kier molecular flexibility index (Phi) is 4.53. The number of anilines is 2. The molecule has 0 aromatic heterocycles. The second-order valence-electron chi connectivity index (χ2n) is 4.98. The van der Waals surface area contributed by atoms with Crippen LogP contribution in [0.15, 0.2) is 52.3 Å². The Bertz CT molecular complexity index is 722. The smallest absolute Gasteiger partial charge is 0.206 e. The van der Waals surface area contributed by atoms with Crippen LogP contribution in [0.3, 0.4) is 0 Å². The molecule has 112 valence electrons. The molecule has 0 saturated carbocycles. The fourth-order valence-corrected chi connectivity index (χ4v) is 3.58. The van der Waals surface area contributed by atoms with Gasteiger partial charge >= 0.3 is 0 Å². The van der Waals surface area contributed by atoms with Crippen molar-refractivity contribution in [3.8, 4) is 0 Å². The number of nitrogen functional groups attached to an aromatic ring is 1. The molecule has 0 saturated heterocycles. The molecule has 0 aliphatic rings. The van der Waals surface area contributed by atoms with Gasteiger partial charge < -0.3 is 11.1 Å². The first-order valence-electron chi connectivity index (χ1n) is 6.90. The van der Waals surface area contributed by atoms with Gasteiger partial charge in [0.15, 0.2) is 0 Å². The minimum absolute atomic E-state index is 0.258. The van der Waals surface area contributed by atoms with Crippen LogP contribution in [-0.2, 0) is 9.84 Å². The zero-order valence-corrected chi connectivity index (χ0v) is 13.1. The predicted octanol–water partition coefficient (Wildman–Crippen LogP) is 3.23. The van der Waals surface area contributed by atoms with E-state index < -0.39 is 9.84 Å². The Labute approximate surface area is 125 Å². The molecule has 5 heteroatoms. The van der Waals surface area contributed by atoms with Crippen LogP contribution in [0.25, 0.3) is 0 Å². The summed E-state index contributed by atoms with van der Waals surface area (Å²) in [5.74, 6) is 0. The summed E-state index contributed by atoms with van der Waals surface area (Å²) < 4.78 is 25.3. The van der Waals surface area contributed by atoms with Crippen molar-refractivity contribution in [2.75, 3.05) is 17.6 Å². The number of sulfone groups is 1. The monoisotopic (exact) mass is 304 g/mol. The van der Waals surface area contributed by atoms with Gasteiger partial charge in [0.2, 0.25) is 9.84 Å². The van der Waals surface area contributed by atoms with E-state index in [0.717, 1.165) is 24.2 Å². The Morgan fingerprint density at radius 2 is 1.76 bits per heavy atom. The van der Waals surface area contributed by atoms with Gasteiger partial charge in [-0.25, -0.2) is 8.42 Å². The van der Waals surface area contributed by atoms with Crippen LogP contribution >= 0.6 is 0 Å². The highest BCUT2D eigenvalue weighted by atomic mass is 32.2. The van der Waals surface area contributed by atoms with E-state index in [9.17, 15) is 8.42 Å². The van der Waals surface area contributed by atoms with E-state index in [-0.39, 0.29) is 4.90 Å².